The average Bonchev–Trinajstić information content (AvgIpc) is 3.53. The number of nitrogens with zero attached hydrogens (tertiary/aromatic N) is 4. The second kappa shape index (κ2) is 10.2. The van der Waals surface area contributed by atoms with E-state index in [0.29, 0.717) is 26.5 Å². The Kier molecular flexibility index (Phi) is 6.61. The summed E-state index contributed by atoms with van der Waals surface area (Å²) in [6.07, 6.45) is 4.88. The number of aromatic nitrogens is 3. The van der Waals surface area contributed by atoms with E-state index in [0.717, 1.165) is 48.9 Å². The number of piperidine rings is 1. The van der Waals surface area contributed by atoms with Crippen LogP contribution in [0.15, 0.2) is 59.3 Å². The van der Waals surface area contributed by atoms with Gasteiger partial charge in [-0.1, -0.05) is 23.7 Å². The number of carbonyl (C=O) groups excluding carboxylic acids is 1. The number of carbonyl (C=O) groups is 1. The molecular formula is C27H22ClF2N6O2S+. The van der Waals surface area contributed by atoms with Crippen LogP contribution in [0.3, 0.4) is 0 Å². The van der Waals surface area contributed by atoms with Gasteiger partial charge in [-0.05, 0) is 55.2 Å². The molecule has 0 saturated carbocycles. The molecule has 198 valence electrons. The molecule has 0 radical (unpaired) electrons. The smallest absolute Gasteiger partial charge is 0.306 e. The first-order valence-corrected chi connectivity index (χ1v) is 13.5. The molecule has 0 spiro atoms. The summed E-state index contributed by atoms with van der Waals surface area (Å²) in [4.78, 5) is 20.2. The Hall–Kier alpha value is -4.09. The summed E-state index contributed by atoms with van der Waals surface area (Å²) >= 11 is 7.11. The highest BCUT2D eigenvalue weighted by Crippen LogP contribution is 2.42. The van der Waals surface area contributed by atoms with E-state index in [4.69, 9.17) is 26.8 Å². The predicted molar refractivity (Wildman–Crippen MR) is 146 cm³/mol. The molecule has 0 unspecified atom stereocenters. The van der Waals surface area contributed by atoms with Gasteiger partial charge in [0.25, 0.3) is 12.1 Å². The molecule has 0 aliphatic carbocycles. The first-order chi connectivity index (χ1) is 18.9. The van der Waals surface area contributed by atoms with Crippen LogP contribution in [0, 0.1) is 11.6 Å². The molecule has 12 heteroatoms. The van der Waals surface area contributed by atoms with Crippen molar-refractivity contribution in [2.45, 2.75) is 19.3 Å². The first kappa shape index (κ1) is 25.2. The third-order valence-electron chi connectivity index (χ3n) is 6.58. The normalized spacial score (nSPS) is 13.7. The highest BCUT2D eigenvalue weighted by atomic mass is 35.5. The number of anilines is 2. The molecule has 1 aliphatic rings. The predicted octanol–water partition coefficient (Wildman–Crippen LogP) is 5.79. The lowest BCUT2D eigenvalue weighted by Gasteiger charge is -2.17. The highest BCUT2D eigenvalue weighted by Gasteiger charge is 2.27. The third-order valence-corrected chi connectivity index (χ3v) is 7.93. The largest absolute Gasteiger partial charge is 0.397 e. The Balaban J connectivity index is 1.41. The van der Waals surface area contributed by atoms with Crippen LogP contribution >= 0.6 is 22.9 Å². The molecule has 0 atom stereocenters. The average molecular weight is 568 g/mol. The first-order valence-electron chi connectivity index (χ1n) is 12.3. The molecular weight excluding hydrogens is 546 g/mol. The van der Waals surface area contributed by atoms with Crippen molar-refractivity contribution in [3.8, 4) is 22.4 Å². The van der Waals surface area contributed by atoms with Gasteiger partial charge in [0.1, 0.15) is 21.3 Å². The molecule has 3 N–H and O–H groups in total. The molecule has 6 rings (SSSR count). The number of pyridine rings is 1. The summed E-state index contributed by atoms with van der Waals surface area (Å²) in [5, 5.41) is 9.68. The van der Waals surface area contributed by atoms with Crippen molar-refractivity contribution in [2.75, 3.05) is 29.1 Å². The number of nitrogen functional groups attached to an aromatic ring is 1. The lowest BCUT2D eigenvalue weighted by Crippen LogP contribution is -2.60. The van der Waals surface area contributed by atoms with E-state index in [2.05, 4.69) is 10.6 Å². The fourth-order valence-corrected chi connectivity index (χ4v) is 5.80. The number of hydrogen-bond donors (Lipinski definition) is 2. The van der Waals surface area contributed by atoms with E-state index in [1.54, 1.807) is 41.3 Å². The summed E-state index contributed by atoms with van der Waals surface area (Å²) in [5.41, 5.74) is 8.37. The summed E-state index contributed by atoms with van der Waals surface area (Å²) in [6, 6.07) is 12.0. The van der Waals surface area contributed by atoms with Crippen LogP contribution in [0.5, 0.6) is 0 Å². The van der Waals surface area contributed by atoms with Gasteiger partial charge in [-0.15, -0.1) is 11.3 Å². The fourth-order valence-electron chi connectivity index (χ4n) is 4.66. The van der Waals surface area contributed by atoms with Crippen molar-refractivity contribution in [2.24, 2.45) is 0 Å². The van der Waals surface area contributed by atoms with Crippen molar-refractivity contribution in [3.63, 3.8) is 0 Å². The van der Waals surface area contributed by atoms with Crippen LogP contribution in [0.4, 0.5) is 20.4 Å². The van der Waals surface area contributed by atoms with Gasteiger partial charge in [0.2, 0.25) is 5.27 Å². The van der Waals surface area contributed by atoms with E-state index in [1.807, 2.05) is 5.01 Å². The Morgan fingerprint density at radius 2 is 1.85 bits per heavy atom. The zero-order valence-corrected chi connectivity index (χ0v) is 22.0. The van der Waals surface area contributed by atoms with Gasteiger partial charge in [0.15, 0.2) is 0 Å². The summed E-state index contributed by atoms with van der Waals surface area (Å²) in [7, 11) is 0. The quantitative estimate of drug-likeness (QED) is 0.261. The number of fused-ring (bicyclic) bond motifs is 1. The molecule has 1 saturated heterocycles. The summed E-state index contributed by atoms with van der Waals surface area (Å²) in [6.45, 7) is 1.69. The van der Waals surface area contributed by atoms with E-state index in [9.17, 15) is 13.6 Å². The van der Waals surface area contributed by atoms with Crippen molar-refractivity contribution in [3.05, 3.63) is 76.3 Å². The monoisotopic (exact) mass is 567 g/mol. The number of halogens is 3. The van der Waals surface area contributed by atoms with Gasteiger partial charge in [-0.3, -0.25) is 14.6 Å². The number of nitrogens with one attached hydrogen (secondary N) is 1. The Morgan fingerprint density at radius 3 is 2.59 bits per heavy atom. The molecule has 2 aromatic carbocycles. The van der Waals surface area contributed by atoms with E-state index < -0.39 is 17.5 Å². The molecule has 1 amide bonds. The van der Waals surface area contributed by atoms with Crippen molar-refractivity contribution < 1.29 is 22.9 Å². The van der Waals surface area contributed by atoms with Crippen LogP contribution in [0.1, 0.15) is 28.9 Å². The molecule has 1 fully saturated rings. The molecule has 3 aromatic heterocycles. The molecule has 1 aliphatic heterocycles. The van der Waals surface area contributed by atoms with E-state index in [1.165, 1.54) is 18.6 Å². The Morgan fingerprint density at radius 1 is 1.08 bits per heavy atom. The minimum Gasteiger partial charge on any atom is -0.397 e. The van der Waals surface area contributed by atoms with Crippen LogP contribution in [-0.2, 0) is 0 Å². The standard InChI is InChI=1S/C27H21ClF2N6O2S/c28-16-6-4-15(5-7-16)21-13-19(18-9-8-17(29)12-20(18)30)23-24(31)25(39-27(23)32-21)26(37)33-22-14-36(34-38-22)35-10-2-1-3-11-35/h4-9,12-14H,1-3,10-11H2,(H2-,31,33,34,37)/p+1. The minimum absolute atomic E-state index is 0.129. The Bertz CT molecular complexity index is 1700. The highest BCUT2D eigenvalue weighted by molar-refractivity contribution is 7.21. The lowest BCUT2D eigenvalue weighted by molar-refractivity contribution is -0.759. The molecule has 39 heavy (non-hydrogen) atoms. The molecule has 5 aromatic rings. The van der Waals surface area contributed by atoms with Gasteiger partial charge in [-0.25, -0.2) is 13.8 Å². The maximum Gasteiger partial charge on any atom is 0.306 e. The van der Waals surface area contributed by atoms with Gasteiger partial charge >= 0.3 is 5.88 Å². The third kappa shape index (κ3) is 4.90. The summed E-state index contributed by atoms with van der Waals surface area (Å²) < 4.78 is 34.0. The van der Waals surface area contributed by atoms with Gasteiger partial charge in [0.05, 0.1) is 29.3 Å². The maximum atomic E-state index is 15.0. The topological polar surface area (TPSA) is 101 Å². The van der Waals surface area contributed by atoms with Crippen LogP contribution in [-0.4, -0.2) is 29.3 Å². The van der Waals surface area contributed by atoms with Gasteiger partial charge in [-0.2, -0.15) is 5.01 Å². The van der Waals surface area contributed by atoms with E-state index in [-0.39, 0.29) is 22.0 Å². The second-order valence-corrected chi connectivity index (χ2v) is 10.6. The van der Waals surface area contributed by atoms with Gasteiger partial charge in [0, 0.05) is 27.6 Å². The van der Waals surface area contributed by atoms with Crippen LogP contribution in [0.2, 0.25) is 5.02 Å². The van der Waals surface area contributed by atoms with Crippen molar-refractivity contribution in [1.29, 1.82) is 0 Å². The number of hydrogen-bond acceptors (Lipinski definition) is 7. The number of benzene rings is 2. The van der Waals surface area contributed by atoms with Crippen LogP contribution in [0.25, 0.3) is 32.6 Å². The molecule has 0 bridgehead atoms. The van der Waals surface area contributed by atoms with Crippen molar-refractivity contribution in [1.82, 2.24) is 10.3 Å². The summed E-state index contributed by atoms with van der Waals surface area (Å²) in [5.74, 6) is -1.82. The zero-order chi connectivity index (χ0) is 27.1. The SMILES string of the molecule is Nc1c(C(=O)Nc2c[n+](N3CCCCC3)no2)sc2nc(-c3ccc(Cl)cc3)cc(-c3ccc(F)cc3F)c12. The minimum atomic E-state index is -0.759. The van der Waals surface area contributed by atoms with Crippen molar-refractivity contribution >= 4 is 50.6 Å². The lowest BCUT2D eigenvalue weighted by atomic mass is 9.99. The van der Waals surface area contributed by atoms with Gasteiger partial charge < -0.3 is 5.73 Å². The zero-order valence-electron chi connectivity index (χ0n) is 20.5. The number of nitrogens with two attached hydrogens (primary N) is 1. The molecule has 4 heterocycles. The van der Waals surface area contributed by atoms with Crippen LogP contribution < -0.4 is 20.9 Å². The number of rotatable bonds is 5. The number of amides is 1. The van der Waals surface area contributed by atoms with E-state index >= 15 is 0 Å². The fraction of sp³-hybridized carbons (Fsp3) is 0.185. The molecule has 8 nitrogen and oxygen atoms in total. The number of thiophene rings is 1. The Labute approximate surface area is 230 Å². The second-order valence-electron chi connectivity index (χ2n) is 9.17. The maximum absolute atomic E-state index is 15.0.